The number of methoxy groups -OCH3 is 2. The standard InChI is InChI=1S/C8H19NO4/c1-12-8(13-2)5-9-4-3-7(11)6-10/h7-11H,3-6H2,1-2H3/t7-/m0/s1. The number of aliphatic hydroxyl groups is 2. The van der Waals surface area contributed by atoms with Gasteiger partial charge in [-0.05, 0) is 13.0 Å². The first-order chi connectivity index (χ1) is 6.24. The van der Waals surface area contributed by atoms with E-state index < -0.39 is 6.10 Å². The molecule has 0 aromatic carbocycles. The van der Waals surface area contributed by atoms with Crippen LogP contribution in [0.25, 0.3) is 0 Å². The average Bonchev–Trinajstić information content (AvgIpc) is 2.18. The molecule has 1 atom stereocenters. The number of hydrogen-bond acceptors (Lipinski definition) is 5. The monoisotopic (exact) mass is 193 g/mol. The van der Waals surface area contributed by atoms with Crippen LogP contribution in [-0.2, 0) is 9.47 Å². The van der Waals surface area contributed by atoms with Crippen LogP contribution in [0.4, 0.5) is 0 Å². The molecule has 0 saturated carbocycles. The van der Waals surface area contributed by atoms with Gasteiger partial charge in [-0.15, -0.1) is 0 Å². The quantitative estimate of drug-likeness (QED) is 0.338. The first-order valence-corrected chi connectivity index (χ1v) is 4.29. The van der Waals surface area contributed by atoms with Gasteiger partial charge < -0.3 is 25.0 Å². The molecule has 0 radical (unpaired) electrons. The minimum atomic E-state index is -0.643. The minimum absolute atomic E-state index is 0.195. The molecule has 0 aliphatic heterocycles. The molecule has 3 N–H and O–H groups in total. The molecule has 5 nitrogen and oxygen atoms in total. The summed E-state index contributed by atoms with van der Waals surface area (Å²) in [5.41, 5.74) is 0. The first kappa shape index (κ1) is 12.8. The zero-order valence-electron chi connectivity index (χ0n) is 8.19. The summed E-state index contributed by atoms with van der Waals surface area (Å²) < 4.78 is 9.87. The Morgan fingerprint density at radius 3 is 2.38 bits per heavy atom. The summed E-state index contributed by atoms with van der Waals surface area (Å²) in [7, 11) is 3.14. The highest BCUT2D eigenvalue weighted by Gasteiger charge is 2.04. The summed E-state index contributed by atoms with van der Waals surface area (Å²) >= 11 is 0. The Morgan fingerprint density at radius 1 is 1.31 bits per heavy atom. The van der Waals surface area contributed by atoms with E-state index in [2.05, 4.69) is 5.32 Å². The van der Waals surface area contributed by atoms with Gasteiger partial charge in [-0.3, -0.25) is 0 Å². The maximum atomic E-state index is 8.99. The van der Waals surface area contributed by atoms with Gasteiger partial charge in [0.15, 0.2) is 6.29 Å². The van der Waals surface area contributed by atoms with Crippen LogP contribution in [0.3, 0.4) is 0 Å². The SMILES string of the molecule is COC(CNCC[C@H](O)CO)OC. The van der Waals surface area contributed by atoms with Crippen molar-refractivity contribution in [1.29, 1.82) is 0 Å². The van der Waals surface area contributed by atoms with Gasteiger partial charge in [0, 0.05) is 20.8 Å². The highest BCUT2D eigenvalue weighted by Crippen LogP contribution is 1.90. The van der Waals surface area contributed by atoms with E-state index in [9.17, 15) is 0 Å². The number of aliphatic hydroxyl groups excluding tert-OH is 2. The molecule has 0 aromatic rings. The van der Waals surface area contributed by atoms with Crippen molar-refractivity contribution < 1.29 is 19.7 Å². The summed E-state index contributed by atoms with van der Waals surface area (Å²) in [4.78, 5) is 0. The van der Waals surface area contributed by atoms with Crippen LogP contribution in [0.5, 0.6) is 0 Å². The summed E-state index contributed by atoms with van der Waals surface area (Å²) in [5, 5.41) is 20.5. The third kappa shape index (κ3) is 6.92. The van der Waals surface area contributed by atoms with Crippen molar-refractivity contribution in [2.45, 2.75) is 18.8 Å². The van der Waals surface area contributed by atoms with E-state index in [0.717, 1.165) is 0 Å². The molecule has 0 aliphatic carbocycles. The zero-order valence-corrected chi connectivity index (χ0v) is 8.19. The van der Waals surface area contributed by atoms with Crippen molar-refractivity contribution in [1.82, 2.24) is 5.32 Å². The van der Waals surface area contributed by atoms with Crippen LogP contribution in [-0.4, -0.2) is 56.5 Å². The molecule has 80 valence electrons. The van der Waals surface area contributed by atoms with Crippen LogP contribution in [0, 0.1) is 0 Å². The fourth-order valence-corrected chi connectivity index (χ4v) is 0.843. The van der Waals surface area contributed by atoms with E-state index in [1.165, 1.54) is 0 Å². The lowest BCUT2D eigenvalue weighted by molar-refractivity contribution is -0.0988. The molecular weight excluding hydrogens is 174 g/mol. The van der Waals surface area contributed by atoms with E-state index in [1.54, 1.807) is 14.2 Å². The van der Waals surface area contributed by atoms with Crippen molar-refractivity contribution in [3.8, 4) is 0 Å². The third-order valence-electron chi connectivity index (χ3n) is 1.70. The summed E-state index contributed by atoms with van der Waals surface area (Å²) in [6, 6.07) is 0. The molecule has 5 heteroatoms. The van der Waals surface area contributed by atoms with Gasteiger partial charge in [0.05, 0.1) is 12.7 Å². The molecule has 0 heterocycles. The molecule has 0 unspecified atom stereocenters. The van der Waals surface area contributed by atoms with Gasteiger partial charge in [-0.1, -0.05) is 0 Å². The van der Waals surface area contributed by atoms with E-state index in [-0.39, 0.29) is 12.9 Å². The highest BCUT2D eigenvalue weighted by molar-refractivity contribution is 4.57. The fraction of sp³-hybridized carbons (Fsp3) is 1.00. The van der Waals surface area contributed by atoms with Crippen LogP contribution in [0.1, 0.15) is 6.42 Å². The number of nitrogens with one attached hydrogen (secondary N) is 1. The highest BCUT2D eigenvalue weighted by atomic mass is 16.7. The molecule has 0 rings (SSSR count). The molecule has 0 saturated heterocycles. The van der Waals surface area contributed by atoms with E-state index in [1.807, 2.05) is 0 Å². The third-order valence-corrected chi connectivity index (χ3v) is 1.70. The van der Waals surface area contributed by atoms with Gasteiger partial charge in [0.1, 0.15) is 0 Å². The van der Waals surface area contributed by atoms with E-state index >= 15 is 0 Å². The van der Waals surface area contributed by atoms with Gasteiger partial charge >= 0.3 is 0 Å². The minimum Gasteiger partial charge on any atom is -0.394 e. The van der Waals surface area contributed by atoms with Crippen molar-refractivity contribution in [2.24, 2.45) is 0 Å². The zero-order chi connectivity index (χ0) is 10.1. The Labute approximate surface area is 78.7 Å². The van der Waals surface area contributed by atoms with Crippen LogP contribution < -0.4 is 5.32 Å². The maximum absolute atomic E-state index is 8.99. The lowest BCUT2D eigenvalue weighted by Gasteiger charge is -2.14. The molecule has 13 heavy (non-hydrogen) atoms. The Morgan fingerprint density at radius 2 is 1.92 bits per heavy atom. The molecule has 0 amide bonds. The second-order valence-electron chi connectivity index (χ2n) is 2.73. The van der Waals surface area contributed by atoms with Crippen LogP contribution >= 0.6 is 0 Å². The number of ether oxygens (including phenoxy) is 2. The molecule has 0 bridgehead atoms. The van der Waals surface area contributed by atoms with E-state index in [0.29, 0.717) is 19.5 Å². The Hall–Kier alpha value is -0.200. The van der Waals surface area contributed by atoms with Crippen molar-refractivity contribution in [3.05, 3.63) is 0 Å². The predicted molar refractivity (Wildman–Crippen MR) is 48.4 cm³/mol. The maximum Gasteiger partial charge on any atom is 0.169 e. The lowest BCUT2D eigenvalue weighted by atomic mass is 10.3. The van der Waals surface area contributed by atoms with E-state index in [4.69, 9.17) is 19.7 Å². The topological polar surface area (TPSA) is 71.0 Å². The lowest BCUT2D eigenvalue weighted by Crippen LogP contribution is -2.32. The summed E-state index contributed by atoms with van der Waals surface area (Å²) in [6.07, 6.45) is -0.376. The van der Waals surface area contributed by atoms with Crippen molar-refractivity contribution in [2.75, 3.05) is 33.9 Å². The Kier molecular flexibility index (Phi) is 8.27. The molecular formula is C8H19NO4. The summed E-state index contributed by atoms with van der Waals surface area (Å²) in [5.74, 6) is 0. The van der Waals surface area contributed by atoms with Gasteiger partial charge in [0.25, 0.3) is 0 Å². The second kappa shape index (κ2) is 8.40. The average molecular weight is 193 g/mol. The molecule has 0 fully saturated rings. The predicted octanol–water partition coefficient (Wildman–Crippen LogP) is -1.06. The Bertz CT molecular complexity index is 108. The molecule has 0 aromatic heterocycles. The number of hydrogen-bond donors (Lipinski definition) is 3. The van der Waals surface area contributed by atoms with Crippen LogP contribution in [0.15, 0.2) is 0 Å². The first-order valence-electron chi connectivity index (χ1n) is 4.29. The summed E-state index contributed by atoms with van der Waals surface area (Å²) in [6.45, 7) is 1.01. The number of rotatable bonds is 8. The molecule has 0 spiro atoms. The fourth-order valence-electron chi connectivity index (χ4n) is 0.843. The van der Waals surface area contributed by atoms with Gasteiger partial charge in [0.2, 0.25) is 0 Å². The van der Waals surface area contributed by atoms with Crippen molar-refractivity contribution >= 4 is 0 Å². The largest absolute Gasteiger partial charge is 0.394 e. The second-order valence-corrected chi connectivity index (χ2v) is 2.73. The smallest absolute Gasteiger partial charge is 0.169 e. The Balaban J connectivity index is 3.23. The molecule has 0 aliphatic rings. The normalized spacial score (nSPS) is 13.6. The van der Waals surface area contributed by atoms with Crippen LogP contribution in [0.2, 0.25) is 0 Å². The van der Waals surface area contributed by atoms with Crippen molar-refractivity contribution in [3.63, 3.8) is 0 Å². The van der Waals surface area contributed by atoms with Gasteiger partial charge in [-0.25, -0.2) is 0 Å². The van der Waals surface area contributed by atoms with Gasteiger partial charge in [-0.2, -0.15) is 0 Å².